The Bertz CT molecular complexity index is 1270. The Morgan fingerprint density at radius 2 is 1.75 bits per heavy atom. The molecule has 0 saturated heterocycles. The van der Waals surface area contributed by atoms with Crippen molar-refractivity contribution in [3.63, 3.8) is 0 Å². The average molecular weight is 472 g/mol. The van der Waals surface area contributed by atoms with E-state index in [1.54, 1.807) is 29.1 Å². The maximum Gasteiger partial charge on any atom is 0.359 e. The number of carbonyl (C=O) groups is 1. The fourth-order valence-electron chi connectivity index (χ4n) is 3.02. The second-order valence-corrected chi connectivity index (χ2v) is 7.41. The number of carbonyl (C=O) groups excluding carboxylic acids is 1. The van der Waals surface area contributed by atoms with E-state index in [1.165, 1.54) is 19.2 Å². The van der Waals surface area contributed by atoms with Crippen LogP contribution < -0.4 is 4.74 Å². The van der Waals surface area contributed by atoms with Gasteiger partial charge in [0.1, 0.15) is 11.6 Å². The molecule has 0 aliphatic heterocycles. The van der Waals surface area contributed by atoms with Gasteiger partial charge in [-0.1, -0.05) is 53.5 Å². The third-order valence-electron chi connectivity index (χ3n) is 4.58. The zero-order chi connectivity index (χ0) is 22.7. The van der Waals surface area contributed by atoms with Crippen LogP contribution in [0.15, 0.2) is 67.0 Å². The highest BCUT2D eigenvalue weighted by atomic mass is 35.5. The molecule has 162 valence electrons. The van der Waals surface area contributed by atoms with Crippen LogP contribution in [0.1, 0.15) is 16.1 Å². The van der Waals surface area contributed by atoms with Gasteiger partial charge in [-0.3, -0.25) is 0 Å². The molecule has 2 aromatic carbocycles. The van der Waals surface area contributed by atoms with Crippen molar-refractivity contribution in [1.82, 2.24) is 14.5 Å². The Morgan fingerprint density at radius 1 is 1.03 bits per heavy atom. The Morgan fingerprint density at radius 3 is 2.44 bits per heavy atom. The van der Waals surface area contributed by atoms with E-state index in [0.717, 1.165) is 5.56 Å². The highest BCUT2D eigenvalue weighted by molar-refractivity contribution is 6.35. The third-order valence-corrected chi connectivity index (χ3v) is 5.23. The molecule has 9 heteroatoms. The summed E-state index contributed by atoms with van der Waals surface area (Å²) < 4.78 is 27.1. The van der Waals surface area contributed by atoms with Crippen LogP contribution in [-0.2, 0) is 11.3 Å². The molecule has 0 aliphatic carbocycles. The lowest BCUT2D eigenvalue weighted by Crippen LogP contribution is -2.13. The molecule has 4 aromatic rings. The van der Waals surface area contributed by atoms with Crippen molar-refractivity contribution < 1.29 is 18.7 Å². The Hall–Kier alpha value is -3.42. The number of benzene rings is 2. The van der Waals surface area contributed by atoms with Crippen LogP contribution in [-0.4, -0.2) is 27.6 Å². The lowest BCUT2D eigenvalue weighted by Gasteiger charge is -2.13. The van der Waals surface area contributed by atoms with Gasteiger partial charge in [0.25, 0.3) is 0 Å². The Balaban J connectivity index is 1.80. The average Bonchev–Trinajstić information content (AvgIpc) is 3.34. The standard InChI is InChI=1S/C23H16Cl2FN3O3/c1-31-20-16(24)10-9-15(18(20)26)21-27-19(17(25)22(28-21)29-11-5-6-12-29)23(30)32-13-14-7-3-2-4-8-14/h2-12H,13H2,1H3. The van der Waals surface area contributed by atoms with Crippen molar-refractivity contribution in [2.24, 2.45) is 0 Å². The molecule has 0 radical (unpaired) electrons. The number of esters is 1. The van der Waals surface area contributed by atoms with Gasteiger partial charge in [0, 0.05) is 12.4 Å². The second-order valence-electron chi connectivity index (χ2n) is 6.63. The number of hydrogen-bond acceptors (Lipinski definition) is 5. The largest absolute Gasteiger partial charge is 0.492 e. The Kier molecular flexibility index (Phi) is 6.39. The number of halogens is 3. The van der Waals surface area contributed by atoms with E-state index < -0.39 is 11.8 Å². The first-order valence-corrected chi connectivity index (χ1v) is 10.2. The normalized spacial score (nSPS) is 10.8. The molecule has 0 spiro atoms. The van der Waals surface area contributed by atoms with Gasteiger partial charge >= 0.3 is 5.97 Å². The summed E-state index contributed by atoms with van der Waals surface area (Å²) in [6, 6.07) is 15.6. The summed E-state index contributed by atoms with van der Waals surface area (Å²) in [5, 5.41) is 0.0696. The van der Waals surface area contributed by atoms with E-state index in [4.69, 9.17) is 32.7 Å². The van der Waals surface area contributed by atoms with Gasteiger partial charge in [-0.05, 0) is 29.8 Å². The van der Waals surface area contributed by atoms with Crippen molar-refractivity contribution in [1.29, 1.82) is 0 Å². The van der Waals surface area contributed by atoms with Crippen molar-refractivity contribution in [3.05, 3.63) is 94.1 Å². The maximum atomic E-state index is 15.1. The van der Waals surface area contributed by atoms with Gasteiger partial charge in [0.2, 0.25) is 0 Å². The number of rotatable bonds is 6. The fourth-order valence-corrected chi connectivity index (χ4v) is 3.50. The molecule has 0 bridgehead atoms. The van der Waals surface area contributed by atoms with Gasteiger partial charge in [0.05, 0.1) is 17.7 Å². The predicted molar refractivity (Wildman–Crippen MR) is 119 cm³/mol. The smallest absolute Gasteiger partial charge is 0.359 e. The van der Waals surface area contributed by atoms with E-state index in [1.807, 2.05) is 30.3 Å². The van der Waals surface area contributed by atoms with Crippen LogP contribution in [0, 0.1) is 5.82 Å². The van der Waals surface area contributed by atoms with Crippen LogP contribution in [0.25, 0.3) is 17.2 Å². The number of hydrogen-bond donors (Lipinski definition) is 0. The predicted octanol–water partition coefficient (Wildman–Crippen LogP) is 5.75. The molecule has 2 heterocycles. The lowest BCUT2D eigenvalue weighted by molar-refractivity contribution is 0.0466. The minimum Gasteiger partial charge on any atom is -0.492 e. The minimum atomic E-state index is -0.766. The lowest BCUT2D eigenvalue weighted by atomic mass is 10.1. The molecule has 0 atom stereocenters. The molecular weight excluding hydrogens is 456 g/mol. The molecule has 0 amide bonds. The van der Waals surface area contributed by atoms with Crippen LogP contribution in [0.4, 0.5) is 4.39 Å². The summed E-state index contributed by atoms with van der Waals surface area (Å²) in [6.07, 6.45) is 3.38. The van der Waals surface area contributed by atoms with Gasteiger partial charge in [0.15, 0.2) is 28.9 Å². The zero-order valence-corrected chi connectivity index (χ0v) is 18.3. The minimum absolute atomic E-state index is 0.00608. The third kappa shape index (κ3) is 4.30. The topological polar surface area (TPSA) is 66.2 Å². The molecule has 0 N–H and O–H groups in total. The van der Waals surface area contributed by atoms with E-state index in [2.05, 4.69) is 9.97 Å². The van der Waals surface area contributed by atoms with Gasteiger partial charge in [-0.2, -0.15) is 0 Å². The molecule has 4 rings (SSSR count). The SMILES string of the molecule is COc1c(Cl)ccc(-c2nc(C(=O)OCc3ccccc3)c(Cl)c(-n3cccc3)n2)c1F. The van der Waals surface area contributed by atoms with Crippen molar-refractivity contribution in [3.8, 4) is 23.0 Å². The van der Waals surface area contributed by atoms with Crippen molar-refractivity contribution in [2.75, 3.05) is 7.11 Å². The molecule has 32 heavy (non-hydrogen) atoms. The highest BCUT2D eigenvalue weighted by Crippen LogP contribution is 2.35. The first-order valence-electron chi connectivity index (χ1n) is 9.44. The summed E-state index contributed by atoms with van der Waals surface area (Å²) in [6.45, 7) is 0.0251. The summed E-state index contributed by atoms with van der Waals surface area (Å²) in [5.74, 6) is -1.56. The molecular formula is C23H16Cl2FN3O3. The van der Waals surface area contributed by atoms with E-state index in [-0.39, 0.29) is 45.3 Å². The van der Waals surface area contributed by atoms with E-state index in [0.29, 0.717) is 0 Å². The monoisotopic (exact) mass is 471 g/mol. The van der Waals surface area contributed by atoms with E-state index in [9.17, 15) is 4.79 Å². The molecule has 0 unspecified atom stereocenters. The molecule has 2 aromatic heterocycles. The number of methoxy groups -OCH3 is 1. The van der Waals surface area contributed by atoms with Crippen LogP contribution in [0.5, 0.6) is 5.75 Å². The summed E-state index contributed by atoms with van der Waals surface area (Å²) in [5.41, 5.74) is 0.600. The first kappa shape index (κ1) is 21.8. The highest BCUT2D eigenvalue weighted by Gasteiger charge is 2.24. The fraction of sp³-hybridized carbons (Fsp3) is 0.0870. The molecule has 0 saturated carbocycles. The van der Waals surface area contributed by atoms with Gasteiger partial charge < -0.3 is 14.0 Å². The van der Waals surface area contributed by atoms with Crippen molar-refractivity contribution in [2.45, 2.75) is 6.61 Å². The number of ether oxygens (including phenoxy) is 2. The molecule has 6 nitrogen and oxygen atoms in total. The maximum absolute atomic E-state index is 15.1. The van der Waals surface area contributed by atoms with Crippen molar-refractivity contribution >= 4 is 29.2 Å². The quantitative estimate of drug-likeness (QED) is 0.335. The van der Waals surface area contributed by atoms with Crippen LogP contribution >= 0.6 is 23.2 Å². The van der Waals surface area contributed by atoms with Gasteiger partial charge in [-0.15, -0.1) is 0 Å². The number of aromatic nitrogens is 3. The summed E-state index contributed by atoms with van der Waals surface area (Å²) in [4.78, 5) is 21.5. The zero-order valence-electron chi connectivity index (χ0n) is 16.8. The van der Waals surface area contributed by atoms with Crippen LogP contribution in [0.3, 0.4) is 0 Å². The summed E-state index contributed by atoms with van der Waals surface area (Å²) >= 11 is 12.5. The van der Waals surface area contributed by atoms with Crippen LogP contribution in [0.2, 0.25) is 10.0 Å². The Labute approximate surface area is 193 Å². The summed E-state index contributed by atoms with van der Waals surface area (Å²) in [7, 11) is 1.30. The number of nitrogens with zero attached hydrogens (tertiary/aromatic N) is 3. The molecule has 0 aliphatic rings. The van der Waals surface area contributed by atoms with Gasteiger partial charge in [-0.25, -0.2) is 19.2 Å². The second kappa shape index (κ2) is 9.38. The molecule has 0 fully saturated rings. The first-order chi connectivity index (χ1) is 15.5. The van der Waals surface area contributed by atoms with E-state index >= 15 is 4.39 Å².